The topological polar surface area (TPSA) is 41.1 Å². The zero-order chi connectivity index (χ0) is 16.1. The van der Waals surface area contributed by atoms with Crippen LogP contribution in [0.1, 0.15) is 18.5 Å². The molecule has 0 spiro atoms. The fourth-order valence-corrected chi connectivity index (χ4v) is 2.97. The molecule has 1 fully saturated rings. The smallest absolute Gasteiger partial charge is 0.165 e. The van der Waals surface area contributed by atoms with Crippen LogP contribution in [0.4, 0.5) is 4.39 Å². The highest BCUT2D eigenvalue weighted by atomic mass is 32.1. The van der Waals surface area contributed by atoms with Crippen molar-refractivity contribution < 1.29 is 9.13 Å². The van der Waals surface area contributed by atoms with Crippen molar-refractivity contribution in [3.05, 3.63) is 52.8 Å². The Labute approximate surface area is 140 Å². The van der Waals surface area contributed by atoms with Crippen molar-refractivity contribution in [1.29, 1.82) is 0 Å². The second kappa shape index (κ2) is 7.66. The summed E-state index contributed by atoms with van der Waals surface area (Å²) in [5.74, 6) is 0.508. The lowest BCUT2D eigenvalue weighted by atomic mass is 9.98. The SMILES string of the molecule is Fc1ccccc1OCC1CCN(Cc2ncc[nH]c2=S)CC1. The Balaban J connectivity index is 1.46. The minimum absolute atomic E-state index is 0.297. The molecule has 122 valence electrons. The van der Waals surface area contributed by atoms with E-state index in [9.17, 15) is 4.39 Å². The van der Waals surface area contributed by atoms with Gasteiger partial charge in [-0.3, -0.25) is 9.88 Å². The van der Waals surface area contributed by atoms with Gasteiger partial charge in [0.1, 0.15) is 4.64 Å². The predicted octanol–water partition coefficient (Wildman–Crippen LogP) is 3.57. The van der Waals surface area contributed by atoms with Crippen molar-refractivity contribution in [2.75, 3.05) is 19.7 Å². The van der Waals surface area contributed by atoms with Crippen LogP contribution in [0.15, 0.2) is 36.7 Å². The molecule has 1 N–H and O–H groups in total. The molecular formula is C17H20FN3OS. The third-order valence-corrected chi connectivity index (χ3v) is 4.53. The van der Waals surface area contributed by atoms with Crippen molar-refractivity contribution >= 4 is 12.2 Å². The largest absolute Gasteiger partial charge is 0.490 e. The number of para-hydroxylation sites is 1. The number of halogens is 1. The Morgan fingerprint density at radius 1 is 1.30 bits per heavy atom. The molecule has 1 aromatic heterocycles. The third-order valence-electron chi connectivity index (χ3n) is 4.17. The summed E-state index contributed by atoms with van der Waals surface area (Å²) in [6.45, 7) is 3.31. The summed E-state index contributed by atoms with van der Waals surface area (Å²) < 4.78 is 19.9. The maximum absolute atomic E-state index is 13.5. The first-order valence-electron chi connectivity index (χ1n) is 7.84. The minimum atomic E-state index is -0.297. The van der Waals surface area contributed by atoms with Crippen molar-refractivity contribution in [2.24, 2.45) is 5.92 Å². The lowest BCUT2D eigenvalue weighted by Crippen LogP contribution is -2.35. The number of aromatic nitrogens is 2. The van der Waals surface area contributed by atoms with Crippen LogP contribution in [0.3, 0.4) is 0 Å². The molecule has 0 bridgehead atoms. The minimum Gasteiger partial charge on any atom is -0.490 e. The van der Waals surface area contributed by atoms with E-state index in [1.54, 1.807) is 30.6 Å². The summed E-state index contributed by atoms with van der Waals surface area (Å²) in [4.78, 5) is 9.70. The van der Waals surface area contributed by atoms with E-state index in [4.69, 9.17) is 17.0 Å². The molecule has 2 aromatic rings. The van der Waals surface area contributed by atoms with Crippen LogP contribution in [0.2, 0.25) is 0 Å². The fraction of sp³-hybridized carbons (Fsp3) is 0.412. The Morgan fingerprint density at radius 2 is 2.09 bits per heavy atom. The van der Waals surface area contributed by atoms with Gasteiger partial charge in [-0.2, -0.15) is 0 Å². The van der Waals surface area contributed by atoms with Gasteiger partial charge in [0.15, 0.2) is 11.6 Å². The van der Waals surface area contributed by atoms with Gasteiger partial charge in [0, 0.05) is 18.9 Å². The molecule has 0 amide bonds. The number of ether oxygens (including phenoxy) is 1. The molecule has 1 aliphatic heterocycles. The summed E-state index contributed by atoms with van der Waals surface area (Å²) in [5, 5.41) is 0. The zero-order valence-electron chi connectivity index (χ0n) is 12.9. The quantitative estimate of drug-likeness (QED) is 0.850. The Morgan fingerprint density at radius 3 is 2.83 bits per heavy atom. The summed E-state index contributed by atoms with van der Waals surface area (Å²) in [7, 11) is 0. The number of rotatable bonds is 5. The number of likely N-dealkylation sites (tertiary alicyclic amines) is 1. The van der Waals surface area contributed by atoms with Gasteiger partial charge in [-0.05, 0) is 44.0 Å². The Kier molecular flexibility index (Phi) is 5.35. The second-order valence-corrected chi connectivity index (χ2v) is 6.23. The van der Waals surface area contributed by atoms with Gasteiger partial charge in [-0.1, -0.05) is 24.4 Å². The van der Waals surface area contributed by atoms with Crippen LogP contribution >= 0.6 is 12.2 Å². The van der Waals surface area contributed by atoms with E-state index in [1.165, 1.54) is 6.07 Å². The molecule has 0 aliphatic carbocycles. The Bertz CT molecular complexity index is 698. The van der Waals surface area contributed by atoms with Crippen molar-refractivity contribution in [1.82, 2.24) is 14.9 Å². The number of piperidine rings is 1. The number of H-pyrrole nitrogens is 1. The molecule has 0 unspecified atom stereocenters. The molecule has 1 aliphatic rings. The van der Waals surface area contributed by atoms with Gasteiger partial charge in [-0.25, -0.2) is 4.39 Å². The van der Waals surface area contributed by atoms with Crippen LogP contribution in [0.5, 0.6) is 5.75 Å². The Hall–Kier alpha value is -1.79. The molecule has 4 nitrogen and oxygen atoms in total. The first kappa shape index (κ1) is 16.1. The second-order valence-electron chi connectivity index (χ2n) is 5.83. The van der Waals surface area contributed by atoms with E-state index < -0.39 is 0 Å². The summed E-state index contributed by atoms with van der Waals surface area (Å²) in [6.07, 6.45) is 5.56. The number of nitrogens with zero attached hydrogens (tertiary/aromatic N) is 2. The van der Waals surface area contributed by atoms with Crippen LogP contribution < -0.4 is 4.74 Å². The highest BCUT2D eigenvalue weighted by Gasteiger charge is 2.20. The van der Waals surface area contributed by atoms with E-state index >= 15 is 0 Å². The molecule has 2 heterocycles. The standard InChI is InChI=1S/C17H20FN3OS/c18-14-3-1-2-4-16(14)22-12-13-5-9-21(10-6-13)11-15-17(23)20-8-7-19-15/h1-4,7-8,13H,5-6,9-12H2,(H,20,23). The van der Waals surface area contributed by atoms with E-state index in [1.807, 2.05) is 0 Å². The average Bonchev–Trinajstić information content (AvgIpc) is 2.57. The third kappa shape index (κ3) is 4.36. The summed E-state index contributed by atoms with van der Waals surface area (Å²) in [6, 6.07) is 6.56. The lowest BCUT2D eigenvalue weighted by Gasteiger charge is -2.31. The number of hydrogen-bond acceptors (Lipinski definition) is 4. The van der Waals surface area contributed by atoms with Gasteiger partial charge in [0.05, 0.1) is 12.3 Å². The molecule has 0 atom stereocenters. The van der Waals surface area contributed by atoms with Gasteiger partial charge in [0.25, 0.3) is 0 Å². The number of benzene rings is 1. The van der Waals surface area contributed by atoms with Crippen molar-refractivity contribution in [3.8, 4) is 5.75 Å². The summed E-state index contributed by atoms with van der Waals surface area (Å²) in [5.41, 5.74) is 0.920. The molecule has 23 heavy (non-hydrogen) atoms. The predicted molar refractivity (Wildman–Crippen MR) is 89.3 cm³/mol. The van der Waals surface area contributed by atoms with Crippen molar-refractivity contribution in [3.63, 3.8) is 0 Å². The molecule has 0 saturated carbocycles. The zero-order valence-corrected chi connectivity index (χ0v) is 13.7. The van der Waals surface area contributed by atoms with Crippen LogP contribution in [0, 0.1) is 16.4 Å². The van der Waals surface area contributed by atoms with Gasteiger partial charge < -0.3 is 9.72 Å². The number of aromatic amines is 1. The molecular weight excluding hydrogens is 313 g/mol. The van der Waals surface area contributed by atoms with E-state index in [-0.39, 0.29) is 5.82 Å². The molecule has 1 aromatic carbocycles. The summed E-state index contributed by atoms with van der Waals surface area (Å²) >= 11 is 5.25. The van der Waals surface area contributed by atoms with Crippen molar-refractivity contribution in [2.45, 2.75) is 19.4 Å². The first-order valence-corrected chi connectivity index (χ1v) is 8.25. The number of hydrogen-bond donors (Lipinski definition) is 1. The average molecular weight is 333 g/mol. The molecule has 0 radical (unpaired) electrons. The van der Waals surface area contributed by atoms with Gasteiger partial charge in [0.2, 0.25) is 0 Å². The molecule has 6 heteroatoms. The maximum atomic E-state index is 13.5. The normalized spacial score (nSPS) is 16.4. The monoisotopic (exact) mass is 333 g/mol. The highest BCUT2D eigenvalue weighted by Crippen LogP contribution is 2.22. The maximum Gasteiger partial charge on any atom is 0.165 e. The number of nitrogens with one attached hydrogen (secondary N) is 1. The van der Waals surface area contributed by atoms with E-state index in [2.05, 4.69) is 14.9 Å². The molecule has 3 rings (SSSR count). The van der Waals surface area contributed by atoms with Crippen LogP contribution in [-0.4, -0.2) is 34.6 Å². The van der Waals surface area contributed by atoms with Crippen LogP contribution in [0.25, 0.3) is 0 Å². The highest BCUT2D eigenvalue weighted by molar-refractivity contribution is 7.71. The lowest BCUT2D eigenvalue weighted by molar-refractivity contribution is 0.133. The van der Waals surface area contributed by atoms with Gasteiger partial charge in [-0.15, -0.1) is 0 Å². The first-order chi connectivity index (χ1) is 11.2. The molecule has 1 saturated heterocycles. The fourth-order valence-electron chi connectivity index (χ4n) is 2.79. The van der Waals surface area contributed by atoms with Crippen LogP contribution in [-0.2, 0) is 6.54 Å². The van der Waals surface area contributed by atoms with Gasteiger partial charge >= 0.3 is 0 Å². The van der Waals surface area contributed by atoms with E-state index in [0.29, 0.717) is 22.9 Å². The van der Waals surface area contributed by atoms with E-state index in [0.717, 1.165) is 38.2 Å².